The maximum atomic E-state index is 5.34. The molecule has 0 heterocycles. The van der Waals surface area contributed by atoms with E-state index in [1.54, 1.807) is 14.2 Å². The number of rotatable bonds is 4. The van der Waals surface area contributed by atoms with Crippen LogP contribution in [-0.4, -0.2) is 37.3 Å². The third kappa shape index (κ3) is 7.48. The summed E-state index contributed by atoms with van der Waals surface area (Å²) < 4.78 is 10.7. The minimum Gasteiger partial charge on any atom is -1.00 e. The Morgan fingerprint density at radius 3 is 1.38 bits per heavy atom. The van der Waals surface area contributed by atoms with Crippen molar-refractivity contribution in [1.82, 2.24) is 0 Å². The van der Waals surface area contributed by atoms with Crippen molar-refractivity contribution in [2.75, 3.05) is 14.2 Å². The number of methoxy groups -OCH3 is 2. The van der Waals surface area contributed by atoms with Gasteiger partial charge in [-0.3, -0.25) is 0 Å². The van der Waals surface area contributed by atoms with Crippen molar-refractivity contribution < 1.29 is 53.1 Å². The van der Waals surface area contributed by atoms with E-state index in [2.05, 4.69) is 12.1 Å². The van der Waals surface area contributed by atoms with Crippen molar-refractivity contribution >= 4 is 42.2 Å². The fourth-order valence-corrected chi connectivity index (χ4v) is 2.71. The molecule has 0 aliphatic carbocycles. The van der Waals surface area contributed by atoms with Crippen molar-refractivity contribution in [2.45, 2.75) is 0 Å². The molecule has 21 heavy (non-hydrogen) atoms. The van der Waals surface area contributed by atoms with Crippen molar-refractivity contribution in [3.8, 4) is 11.5 Å². The molecular formula is C14H14Cl2LiMgO2P. The Morgan fingerprint density at radius 2 is 1.05 bits per heavy atom. The first-order valence-electron chi connectivity index (χ1n) is 5.33. The second-order valence-corrected chi connectivity index (χ2v) is 4.64. The molecular weight excluding hydrogens is 333 g/mol. The molecule has 0 amide bonds. The molecule has 0 aliphatic heterocycles. The van der Waals surface area contributed by atoms with E-state index in [1.165, 1.54) is 0 Å². The number of ether oxygens (including phenoxy) is 2. The smallest absolute Gasteiger partial charge is 1.00 e. The molecule has 0 spiro atoms. The van der Waals surface area contributed by atoms with Gasteiger partial charge in [0, 0.05) is 0 Å². The summed E-state index contributed by atoms with van der Waals surface area (Å²) in [6.45, 7) is 0. The van der Waals surface area contributed by atoms with E-state index >= 15 is 0 Å². The van der Waals surface area contributed by atoms with Gasteiger partial charge in [0.05, 0.1) is 25.7 Å². The predicted octanol–water partition coefficient (Wildman–Crippen LogP) is -6.77. The fraction of sp³-hybridized carbons (Fsp3) is 0.143. The molecule has 2 nitrogen and oxygen atoms in total. The first-order valence-corrected chi connectivity index (χ1v) is 6.22. The number of hydrogen-bond acceptors (Lipinski definition) is 2. The summed E-state index contributed by atoms with van der Waals surface area (Å²) in [5, 5.41) is 2.28. The standard InChI is InChI=1S/C14H14O2P.2ClH.Li.Mg/c1-15-11-7-3-5-9-13(11)17-14-10-6-4-8-12(14)16-2;;;;/h3-10H,1-2H3;2*1H;;/q-1;;;+1;+2/p-2. The molecule has 0 atom stereocenters. The van der Waals surface area contributed by atoms with E-state index in [4.69, 9.17) is 9.47 Å². The van der Waals surface area contributed by atoms with Crippen LogP contribution in [0.1, 0.15) is 0 Å². The van der Waals surface area contributed by atoms with Gasteiger partial charge in [-0.05, 0) is 12.1 Å². The van der Waals surface area contributed by atoms with Gasteiger partial charge in [-0.15, -0.1) is 0 Å². The second-order valence-electron chi connectivity index (χ2n) is 3.46. The molecule has 0 aliphatic rings. The van der Waals surface area contributed by atoms with Crippen LogP contribution in [0, 0.1) is 0 Å². The summed E-state index contributed by atoms with van der Waals surface area (Å²) in [6, 6.07) is 16.0. The summed E-state index contributed by atoms with van der Waals surface area (Å²) in [7, 11) is 4.47. The maximum absolute atomic E-state index is 5.34. The summed E-state index contributed by atoms with van der Waals surface area (Å²) in [5.41, 5.74) is 0. The third-order valence-electron chi connectivity index (χ3n) is 2.41. The first-order chi connectivity index (χ1) is 8.35. The molecule has 104 valence electrons. The Bertz CT molecular complexity index is 472. The summed E-state index contributed by atoms with van der Waals surface area (Å²) in [4.78, 5) is 0. The van der Waals surface area contributed by atoms with Gasteiger partial charge in [0.25, 0.3) is 0 Å². The van der Waals surface area contributed by atoms with E-state index in [0.717, 1.165) is 30.7 Å². The zero-order valence-corrected chi connectivity index (χ0v) is 16.2. The van der Waals surface area contributed by atoms with Crippen LogP contribution in [0.5, 0.6) is 11.5 Å². The SMILES string of the molecule is COc1ccccc1[P-]c1ccccc1OC.[Cl-].[Cl-].[Li+].[Mg+2]. The molecule has 0 N–H and O–H groups in total. The summed E-state index contributed by atoms with van der Waals surface area (Å²) in [6.07, 6.45) is 0. The quantitative estimate of drug-likeness (QED) is 0.405. The number of halogens is 2. The van der Waals surface area contributed by atoms with E-state index in [9.17, 15) is 0 Å². The molecule has 0 saturated carbocycles. The molecule has 0 radical (unpaired) electrons. The molecule has 7 heteroatoms. The van der Waals surface area contributed by atoms with Gasteiger partial charge in [0.2, 0.25) is 0 Å². The number of hydrogen-bond donors (Lipinski definition) is 0. The Kier molecular flexibility index (Phi) is 17.6. The topological polar surface area (TPSA) is 18.5 Å². The van der Waals surface area contributed by atoms with Crippen LogP contribution < -0.4 is 63.8 Å². The normalized spacial score (nSPS) is 8.10. The average Bonchev–Trinajstić information content (AvgIpc) is 2.40. The van der Waals surface area contributed by atoms with Gasteiger partial charge >= 0.3 is 41.9 Å². The largest absolute Gasteiger partial charge is 2.00 e. The summed E-state index contributed by atoms with van der Waals surface area (Å²) in [5.74, 6) is 1.81. The van der Waals surface area contributed by atoms with E-state index < -0.39 is 0 Å². The second kappa shape index (κ2) is 14.0. The zero-order valence-electron chi connectivity index (χ0n) is 12.3. The summed E-state index contributed by atoms with van der Waals surface area (Å²) >= 11 is 0. The van der Waals surface area contributed by atoms with Crippen LogP contribution in [0.2, 0.25) is 0 Å². The van der Waals surface area contributed by atoms with Gasteiger partial charge < -0.3 is 42.9 Å². The molecule has 0 fully saturated rings. The van der Waals surface area contributed by atoms with Crippen LogP contribution >= 0.6 is 8.58 Å². The van der Waals surface area contributed by atoms with Crippen LogP contribution in [0.25, 0.3) is 0 Å². The molecule has 0 aromatic heterocycles. The Hall–Kier alpha value is 0.414. The monoisotopic (exact) mass is 346 g/mol. The molecule has 2 rings (SSSR count). The molecule has 0 unspecified atom stereocenters. The Morgan fingerprint density at radius 1 is 0.714 bits per heavy atom. The average molecular weight is 347 g/mol. The predicted molar refractivity (Wildman–Crippen MR) is 77.9 cm³/mol. The van der Waals surface area contributed by atoms with Crippen molar-refractivity contribution in [1.29, 1.82) is 0 Å². The minimum atomic E-state index is 0. The Labute approximate surface area is 168 Å². The van der Waals surface area contributed by atoms with Gasteiger partial charge in [0.15, 0.2) is 0 Å². The van der Waals surface area contributed by atoms with E-state index in [-0.39, 0.29) is 66.7 Å². The Balaban J connectivity index is -0.000000810. The van der Waals surface area contributed by atoms with Crippen molar-refractivity contribution in [3.05, 3.63) is 48.5 Å². The fourth-order valence-electron chi connectivity index (χ4n) is 1.57. The zero-order chi connectivity index (χ0) is 12.1. The van der Waals surface area contributed by atoms with Gasteiger partial charge in [-0.2, -0.15) is 10.6 Å². The number of benzene rings is 2. The van der Waals surface area contributed by atoms with Crippen LogP contribution in [0.4, 0.5) is 0 Å². The molecule has 0 bridgehead atoms. The molecule has 2 aromatic carbocycles. The van der Waals surface area contributed by atoms with Gasteiger partial charge in [-0.25, -0.2) is 0 Å². The molecule has 0 saturated heterocycles. The van der Waals surface area contributed by atoms with Gasteiger partial charge in [0.1, 0.15) is 0 Å². The molecule has 2 aromatic rings. The number of para-hydroxylation sites is 2. The maximum Gasteiger partial charge on any atom is 2.00 e. The van der Waals surface area contributed by atoms with Crippen LogP contribution in [0.3, 0.4) is 0 Å². The van der Waals surface area contributed by atoms with Crippen LogP contribution in [0.15, 0.2) is 48.5 Å². The first kappa shape index (κ1) is 26.3. The van der Waals surface area contributed by atoms with E-state index in [0.29, 0.717) is 0 Å². The minimum absolute atomic E-state index is 0. The van der Waals surface area contributed by atoms with E-state index in [1.807, 2.05) is 36.4 Å². The van der Waals surface area contributed by atoms with Crippen LogP contribution in [-0.2, 0) is 0 Å². The van der Waals surface area contributed by atoms with Gasteiger partial charge in [-0.1, -0.05) is 36.4 Å². The van der Waals surface area contributed by atoms with Crippen molar-refractivity contribution in [3.63, 3.8) is 0 Å². The van der Waals surface area contributed by atoms with Crippen molar-refractivity contribution in [2.24, 2.45) is 0 Å². The third-order valence-corrected chi connectivity index (χ3v) is 3.63.